The van der Waals surface area contributed by atoms with Crippen LogP contribution in [0.5, 0.6) is 0 Å². The molecule has 0 aliphatic carbocycles. The van der Waals surface area contributed by atoms with Crippen LogP contribution >= 0.6 is 11.6 Å². The smallest absolute Gasteiger partial charge is 0.314 e. The van der Waals surface area contributed by atoms with E-state index in [4.69, 9.17) is 11.6 Å². The van der Waals surface area contributed by atoms with Crippen LogP contribution in [0.3, 0.4) is 0 Å². The maximum absolute atomic E-state index is 11.6. The second-order valence-corrected chi connectivity index (χ2v) is 6.34. The van der Waals surface area contributed by atoms with Gasteiger partial charge < -0.3 is 4.74 Å². The summed E-state index contributed by atoms with van der Waals surface area (Å²) in [6.07, 6.45) is 1.08. The van der Waals surface area contributed by atoms with Crippen molar-refractivity contribution in [3.05, 3.63) is 34.9 Å². The van der Waals surface area contributed by atoms with Crippen LogP contribution in [0.25, 0.3) is 0 Å². The van der Waals surface area contributed by atoms with Crippen molar-refractivity contribution in [3.8, 4) is 0 Å². The Balaban J connectivity index is 3.11. The molecule has 17 heavy (non-hydrogen) atoms. The lowest BCUT2D eigenvalue weighted by Gasteiger charge is -2.14. The lowest BCUT2D eigenvalue weighted by Crippen LogP contribution is -2.22. The van der Waals surface area contributed by atoms with Crippen molar-refractivity contribution in [2.24, 2.45) is 0 Å². The van der Waals surface area contributed by atoms with E-state index in [0.29, 0.717) is 10.6 Å². The molecule has 6 heteroatoms. The fourth-order valence-corrected chi connectivity index (χ4v) is 2.60. The standard InChI is InChI=1S/C11H13ClO4S/c1-16-11(13)10(7-17(2,14)15)8-4-3-5-9(12)6-8/h3-6,10H,7H2,1-2H3. The molecule has 0 amide bonds. The molecule has 0 heterocycles. The molecule has 0 radical (unpaired) electrons. The van der Waals surface area contributed by atoms with Gasteiger partial charge in [0, 0.05) is 11.3 Å². The maximum Gasteiger partial charge on any atom is 0.314 e. The van der Waals surface area contributed by atoms with Crippen molar-refractivity contribution >= 4 is 27.4 Å². The monoisotopic (exact) mass is 276 g/mol. The third-order valence-corrected chi connectivity index (χ3v) is 3.38. The normalized spacial score (nSPS) is 13.1. The minimum Gasteiger partial charge on any atom is -0.469 e. The lowest BCUT2D eigenvalue weighted by molar-refractivity contribution is -0.141. The third kappa shape index (κ3) is 4.36. The molecule has 0 aromatic heterocycles. The number of sulfone groups is 1. The van der Waals surface area contributed by atoms with Gasteiger partial charge in [-0.1, -0.05) is 23.7 Å². The zero-order valence-electron chi connectivity index (χ0n) is 9.51. The zero-order valence-corrected chi connectivity index (χ0v) is 11.1. The van der Waals surface area contributed by atoms with Gasteiger partial charge in [-0.15, -0.1) is 0 Å². The summed E-state index contributed by atoms with van der Waals surface area (Å²) in [5, 5.41) is 0.449. The summed E-state index contributed by atoms with van der Waals surface area (Å²) < 4.78 is 27.2. The molecule has 4 nitrogen and oxygen atoms in total. The molecule has 0 fully saturated rings. The van der Waals surface area contributed by atoms with Crippen LogP contribution in [0.2, 0.25) is 5.02 Å². The molecular formula is C11H13ClO4S. The predicted molar refractivity (Wildman–Crippen MR) is 65.9 cm³/mol. The summed E-state index contributed by atoms with van der Waals surface area (Å²) >= 11 is 5.81. The van der Waals surface area contributed by atoms with Gasteiger partial charge in [0.15, 0.2) is 0 Å². The van der Waals surface area contributed by atoms with E-state index in [1.807, 2.05) is 0 Å². The molecule has 1 rings (SSSR count). The largest absolute Gasteiger partial charge is 0.469 e. The summed E-state index contributed by atoms with van der Waals surface area (Å²) in [6.45, 7) is 0. The highest BCUT2D eigenvalue weighted by atomic mass is 35.5. The quantitative estimate of drug-likeness (QED) is 0.785. The second kappa shape index (κ2) is 5.51. The number of rotatable bonds is 4. The van der Waals surface area contributed by atoms with Crippen LogP contribution in [0.4, 0.5) is 0 Å². The van der Waals surface area contributed by atoms with Crippen LogP contribution in [-0.2, 0) is 19.4 Å². The Bertz CT molecular complexity index is 510. The maximum atomic E-state index is 11.6. The van der Waals surface area contributed by atoms with E-state index in [9.17, 15) is 13.2 Å². The van der Waals surface area contributed by atoms with Crippen LogP contribution < -0.4 is 0 Å². The van der Waals surface area contributed by atoms with E-state index >= 15 is 0 Å². The molecule has 0 bridgehead atoms. The molecule has 0 spiro atoms. The van der Waals surface area contributed by atoms with Crippen molar-refractivity contribution in [2.75, 3.05) is 19.1 Å². The number of halogens is 1. The molecule has 0 aliphatic rings. The van der Waals surface area contributed by atoms with Crippen molar-refractivity contribution in [1.82, 2.24) is 0 Å². The van der Waals surface area contributed by atoms with Gasteiger partial charge in [-0.05, 0) is 17.7 Å². The first kappa shape index (κ1) is 14.0. The van der Waals surface area contributed by atoms with Gasteiger partial charge in [-0.2, -0.15) is 0 Å². The Labute approximate surface area is 105 Å². The predicted octanol–water partition coefficient (Wildman–Crippen LogP) is 1.64. The number of methoxy groups -OCH3 is 1. The van der Waals surface area contributed by atoms with Gasteiger partial charge in [-0.3, -0.25) is 4.79 Å². The van der Waals surface area contributed by atoms with Crippen molar-refractivity contribution < 1.29 is 17.9 Å². The van der Waals surface area contributed by atoms with E-state index < -0.39 is 21.7 Å². The molecule has 1 unspecified atom stereocenters. The summed E-state index contributed by atoms with van der Waals surface area (Å²) in [7, 11) is -2.06. The fourth-order valence-electron chi connectivity index (χ4n) is 1.47. The molecular weight excluding hydrogens is 264 g/mol. The number of hydrogen-bond donors (Lipinski definition) is 0. The van der Waals surface area contributed by atoms with Crippen LogP contribution in [0.1, 0.15) is 11.5 Å². The molecule has 0 saturated heterocycles. The number of carbonyl (C=O) groups is 1. The molecule has 94 valence electrons. The Hall–Kier alpha value is -1.07. The summed E-state index contributed by atoms with van der Waals surface area (Å²) in [5.41, 5.74) is 0.537. The van der Waals surface area contributed by atoms with Crippen LogP contribution in [-0.4, -0.2) is 33.5 Å². The van der Waals surface area contributed by atoms with Crippen LogP contribution in [0.15, 0.2) is 24.3 Å². The van der Waals surface area contributed by atoms with Gasteiger partial charge >= 0.3 is 5.97 Å². The summed E-state index contributed by atoms with van der Waals surface area (Å²) in [4.78, 5) is 11.6. The van der Waals surface area contributed by atoms with Crippen molar-refractivity contribution in [1.29, 1.82) is 0 Å². The highest BCUT2D eigenvalue weighted by Gasteiger charge is 2.25. The van der Waals surface area contributed by atoms with Gasteiger partial charge in [0.05, 0.1) is 18.8 Å². The minimum absolute atomic E-state index is 0.292. The number of benzene rings is 1. The first-order chi connectivity index (χ1) is 7.83. The number of ether oxygens (including phenoxy) is 1. The third-order valence-electron chi connectivity index (χ3n) is 2.21. The van der Waals surface area contributed by atoms with Gasteiger partial charge in [0.2, 0.25) is 0 Å². The highest BCUT2D eigenvalue weighted by Crippen LogP contribution is 2.22. The van der Waals surface area contributed by atoms with Crippen molar-refractivity contribution in [2.45, 2.75) is 5.92 Å². The van der Waals surface area contributed by atoms with Crippen molar-refractivity contribution in [3.63, 3.8) is 0 Å². The van der Waals surface area contributed by atoms with Crippen LogP contribution in [0, 0.1) is 0 Å². The molecule has 0 N–H and O–H groups in total. The first-order valence-corrected chi connectivity index (χ1v) is 7.28. The highest BCUT2D eigenvalue weighted by molar-refractivity contribution is 7.90. The lowest BCUT2D eigenvalue weighted by atomic mass is 10.0. The molecule has 0 saturated carbocycles. The van der Waals surface area contributed by atoms with E-state index in [1.165, 1.54) is 7.11 Å². The van der Waals surface area contributed by atoms with E-state index in [2.05, 4.69) is 4.74 Å². The number of esters is 1. The first-order valence-electron chi connectivity index (χ1n) is 4.84. The van der Waals surface area contributed by atoms with Gasteiger partial charge in [-0.25, -0.2) is 8.42 Å². The van der Waals surface area contributed by atoms with Gasteiger partial charge in [0.1, 0.15) is 9.84 Å². The Kier molecular flexibility index (Phi) is 4.54. The van der Waals surface area contributed by atoms with E-state index in [0.717, 1.165) is 6.26 Å². The fraction of sp³-hybridized carbons (Fsp3) is 0.364. The minimum atomic E-state index is -3.28. The topological polar surface area (TPSA) is 60.4 Å². The second-order valence-electron chi connectivity index (χ2n) is 3.72. The molecule has 0 aliphatic heterocycles. The number of carbonyl (C=O) groups excluding carboxylic acids is 1. The summed E-state index contributed by atoms with van der Waals surface area (Å²) in [5.74, 6) is -1.72. The summed E-state index contributed by atoms with van der Waals surface area (Å²) in [6, 6.07) is 6.53. The SMILES string of the molecule is COC(=O)C(CS(C)(=O)=O)c1cccc(Cl)c1. The average molecular weight is 277 g/mol. The Morgan fingerprint density at radius 1 is 1.47 bits per heavy atom. The van der Waals surface area contributed by atoms with E-state index in [-0.39, 0.29) is 5.75 Å². The Morgan fingerprint density at radius 3 is 2.59 bits per heavy atom. The molecule has 1 aromatic carbocycles. The molecule has 1 atom stereocenters. The Morgan fingerprint density at radius 2 is 2.12 bits per heavy atom. The average Bonchev–Trinajstić information content (AvgIpc) is 2.23. The van der Waals surface area contributed by atoms with E-state index in [1.54, 1.807) is 24.3 Å². The molecule has 1 aromatic rings. The zero-order chi connectivity index (χ0) is 13.1. The van der Waals surface area contributed by atoms with Gasteiger partial charge in [0.25, 0.3) is 0 Å². The number of hydrogen-bond acceptors (Lipinski definition) is 4.